The average Bonchev–Trinajstić information content (AvgIpc) is 2.86. The zero-order chi connectivity index (χ0) is 17.1. The molecular weight excluding hydrogens is 370 g/mol. The number of aromatic nitrogens is 2. The van der Waals surface area contributed by atoms with E-state index in [4.69, 9.17) is 0 Å². The highest BCUT2D eigenvalue weighted by Crippen LogP contribution is 2.24. The summed E-state index contributed by atoms with van der Waals surface area (Å²) in [6.45, 7) is 1.76. The molecule has 0 radical (unpaired) electrons. The molecule has 0 bridgehead atoms. The zero-order valence-electron chi connectivity index (χ0n) is 13.8. The molecule has 0 aliphatic carbocycles. The third-order valence-electron chi connectivity index (χ3n) is 4.63. The summed E-state index contributed by atoms with van der Waals surface area (Å²) in [6.07, 6.45) is 5.07. The van der Waals surface area contributed by atoms with Crippen molar-refractivity contribution in [1.29, 1.82) is 0 Å². The van der Waals surface area contributed by atoms with Gasteiger partial charge in [0, 0.05) is 31.0 Å². The predicted molar refractivity (Wildman–Crippen MR) is 99.9 cm³/mol. The minimum atomic E-state index is -0.352. The molecule has 2 heterocycles. The summed E-state index contributed by atoms with van der Waals surface area (Å²) in [5.74, 6) is 0.695. The summed E-state index contributed by atoms with van der Waals surface area (Å²) >= 11 is 3.55. The molecule has 6 heteroatoms. The Kier molecular flexibility index (Phi) is 5.23. The number of hydrogen-bond acceptors (Lipinski definition) is 3. The molecule has 128 valence electrons. The molecule has 0 unspecified atom stereocenters. The first-order valence-electron chi connectivity index (χ1n) is 8.38. The first kappa shape index (κ1) is 17.0. The Hall–Kier alpha value is -1.82. The second-order valence-corrected chi connectivity index (χ2v) is 7.15. The molecule has 1 aliphatic heterocycles. The normalized spacial score (nSPS) is 15.3. The molecule has 1 aromatic carbocycles. The predicted octanol–water partition coefficient (Wildman–Crippen LogP) is 2.81. The van der Waals surface area contributed by atoms with Gasteiger partial charge in [0.15, 0.2) is 0 Å². The Bertz CT molecular complexity index is 833. The molecule has 3 rings (SSSR count). The van der Waals surface area contributed by atoms with Gasteiger partial charge in [0.2, 0.25) is 0 Å². The van der Waals surface area contributed by atoms with Crippen LogP contribution in [0, 0.1) is 0 Å². The van der Waals surface area contributed by atoms with Crippen molar-refractivity contribution in [3.05, 3.63) is 60.7 Å². The zero-order valence-corrected chi connectivity index (χ0v) is 15.4. The number of rotatable bonds is 3. The maximum absolute atomic E-state index is 12.8. The summed E-state index contributed by atoms with van der Waals surface area (Å²) in [6, 6.07) is 7.88. The summed E-state index contributed by atoms with van der Waals surface area (Å²) in [4.78, 5) is 30.0. The molecule has 1 aromatic heterocycles. The van der Waals surface area contributed by atoms with Crippen molar-refractivity contribution in [3.8, 4) is 0 Å². The molecular formula is C18H22BrN3O2. The maximum atomic E-state index is 12.8. The van der Waals surface area contributed by atoms with Gasteiger partial charge in [-0.15, -0.1) is 0 Å². The first-order valence-corrected chi connectivity index (χ1v) is 9.18. The molecule has 2 aromatic rings. The fraction of sp³-hybridized carbons (Fsp3) is 0.444. The van der Waals surface area contributed by atoms with Gasteiger partial charge < -0.3 is 4.90 Å². The molecule has 1 fully saturated rings. The van der Waals surface area contributed by atoms with Crippen LogP contribution in [0.4, 0.5) is 5.82 Å². The molecule has 0 atom stereocenters. The van der Waals surface area contributed by atoms with Crippen LogP contribution in [-0.2, 0) is 13.5 Å². The van der Waals surface area contributed by atoms with Gasteiger partial charge in [-0.05, 0) is 24.5 Å². The van der Waals surface area contributed by atoms with E-state index in [-0.39, 0.29) is 11.2 Å². The number of nitrogens with zero attached hydrogens (tertiary/aromatic N) is 2. The van der Waals surface area contributed by atoms with Crippen LogP contribution < -0.4 is 16.1 Å². The van der Waals surface area contributed by atoms with E-state index >= 15 is 0 Å². The largest absolute Gasteiger partial charge is 0.358 e. The summed E-state index contributed by atoms with van der Waals surface area (Å²) < 4.78 is 2.13. The van der Waals surface area contributed by atoms with Crippen LogP contribution in [0.15, 0.2) is 38.3 Å². The molecule has 1 N–H and O–H groups in total. The van der Waals surface area contributed by atoms with Crippen molar-refractivity contribution in [2.24, 2.45) is 7.05 Å². The van der Waals surface area contributed by atoms with Crippen LogP contribution in [0.5, 0.6) is 0 Å². The Morgan fingerprint density at radius 3 is 2.42 bits per heavy atom. The molecule has 0 amide bonds. The Balaban J connectivity index is 2.09. The van der Waals surface area contributed by atoms with E-state index < -0.39 is 0 Å². The second-order valence-electron chi connectivity index (χ2n) is 6.29. The van der Waals surface area contributed by atoms with Crippen molar-refractivity contribution in [3.63, 3.8) is 0 Å². The quantitative estimate of drug-likeness (QED) is 0.874. The van der Waals surface area contributed by atoms with E-state index in [2.05, 4.69) is 25.8 Å². The topological polar surface area (TPSA) is 58.1 Å². The van der Waals surface area contributed by atoms with Gasteiger partial charge in [0.25, 0.3) is 5.56 Å². The van der Waals surface area contributed by atoms with Crippen LogP contribution in [0.25, 0.3) is 0 Å². The number of benzene rings is 1. The van der Waals surface area contributed by atoms with Gasteiger partial charge in [0.05, 0.1) is 5.56 Å². The second kappa shape index (κ2) is 7.38. The number of aromatic amines is 1. The summed E-state index contributed by atoms with van der Waals surface area (Å²) in [5, 5.41) is 0. The summed E-state index contributed by atoms with van der Waals surface area (Å²) in [7, 11) is 1.52. The third-order valence-corrected chi connectivity index (χ3v) is 5.40. The average molecular weight is 392 g/mol. The van der Waals surface area contributed by atoms with Gasteiger partial charge in [0.1, 0.15) is 5.82 Å². The smallest absolute Gasteiger partial charge is 0.329 e. The Morgan fingerprint density at radius 2 is 1.75 bits per heavy atom. The minimum absolute atomic E-state index is 0.214. The standard InChI is InChI=1S/C18H22BrN3O2/c1-21-17(23)14(12-13-8-4-5-9-15(13)19)16(20-18(21)24)22-10-6-2-3-7-11-22/h4-5,8-9H,2-3,6-7,10-12H2,1H3,(H,20,24). The van der Waals surface area contributed by atoms with Gasteiger partial charge in [-0.2, -0.15) is 0 Å². The summed E-state index contributed by atoms with van der Waals surface area (Å²) in [5.41, 5.74) is 1.13. The molecule has 1 saturated heterocycles. The van der Waals surface area contributed by atoms with Gasteiger partial charge >= 0.3 is 5.69 Å². The van der Waals surface area contributed by atoms with Crippen LogP contribution in [0.2, 0.25) is 0 Å². The highest BCUT2D eigenvalue weighted by atomic mass is 79.9. The number of nitrogens with one attached hydrogen (secondary N) is 1. The third kappa shape index (κ3) is 3.48. The molecule has 1 aliphatic rings. The molecule has 24 heavy (non-hydrogen) atoms. The lowest BCUT2D eigenvalue weighted by Gasteiger charge is -2.25. The fourth-order valence-corrected chi connectivity index (χ4v) is 3.64. The molecule has 0 saturated carbocycles. The van der Waals surface area contributed by atoms with Crippen molar-refractivity contribution >= 4 is 21.7 Å². The van der Waals surface area contributed by atoms with Crippen LogP contribution in [0.3, 0.4) is 0 Å². The van der Waals surface area contributed by atoms with Crippen molar-refractivity contribution < 1.29 is 0 Å². The Labute approximate surface area is 149 Å². The number of hydrogen-bond donors (Lipinski definition) is 1. The number of H-pyrrole nitrogens is 1. The lowest BCUT2D eigenvalue weighted by atomic mass is 10.1. The van der Waals surface area contributed by atoms with Gasteiger partial charge in [-0.3, -0.25) is 14.3 Å². The molecule has 5 nitrogen and oxygen atoms in total. The van der Waals surface area contributed by atoms with Crippen molar-refractivity contribution in [1.82, 2.24) is 9.55 Å². The SMILES string of the molecule is Cn1c(=O)[nH]c(N2CCCCCC2)c(Cc2ccccc2Br)c1=O. The lowest BCUT2D eigenvalue weighted by Crippen LogP contribution is -2.39. The van der Waals surface area contributed by atoms with Gasteiger partial charge in [-0.1, -0.05) is 47.0 Å². The van der Waals surface area contributed by atoms with Crippen LogP contribution in [0.1, 0.15) is 36.8 Å². The van der Waals surface area contributed by atoms with Gasteiger partial charge in [-0.25, -0.2) is 4.79 Å². The van der Waals surface area contributed by atoms with E-state index in [0.717, 1.165) is 40.5 Å². The maximum Gasteiger partial charge on any atom is 0.329 e. The van der Waals surface area contributed by atoms with Crippen LogP contribution >= 0.6 is 15.9 Å². The molecule has 0 spiro atoms. The monoisotopic (exact) mass is 391 g/mol. The minimum Gasteiger partial charge on any atom is -0.358 e. The highest BCUT2D eigenvalue weighted by Gasteiger charge is 2.20. The number of halogens is 1. The fourth-order valence-electron chi connectivity index (χ4n) is 3.21. The van der Waals surface area contributed by atoms with Crippen molar-refractivity contribution in [2.75, 3.05) is 18.0 Å². The van der Waals surface area contributed by atoms with E-state index in [1.165, 1.54) is 19.9 Å². The van der Waals surface area contributed by atoms with Crippen molar-refractivity contribution in [2.45, 2.75) is 32.1 Å². The Morgan fingerprint density at radius 1 is 1.08 bits per heavy atom. The number of anilines is 1. The highest BCUT2D eigenvalue weighted by molar-refractivity contribution is 9.10. The lowest BCUT2D eigenvalue weighted by molar-refractivity contribution is 0.718. The van der Waals surface area contributed by atoms with E-state index in [0.29, 0.717) is 17.8 Å². The van der Waals surface area contributed by atoms with E-state index in [9.17, 15) is 9.59 Å². The van der Waals surface area contributed by atoms with Crippen LogP contribution in [-0.4, -0.2) is 22.6 Å². The van der Waals surface area contributed by atoms with E-state index in [1.54, 1.807) is 0 Å². The van der Waals surface area contributed by atoms with E-state index in [1.807, 2.05) is 24.3 Å². The first-order chi connectivity index (χ1) is 11.6.